The molecule has 168 valence electrons. The molecule has 2 N–H and O–H groups in total. The van der Waals surface area contributed by atoms with Crippen molar-refractivity contribution in [1.29, 1.82) is 0 Å². The van der Waals surface area contributed by atoms with Gasteiger partial charge in [0.25, 0.3) is 0 Å². The minimum absolute atomic E-state index is 0.356. The predicted octanol–water partition coefficient (Wildman–Crippen LogP) is 5.62. The van der Waals surface area contributed by atoms with E-state index in [1.54, 1.807) is 35.1 Å². The van der Waals surface area contributed by atoms with Crippen LogP contribution in [-0.4, -0.2) is 47.0 Å². The first-order valence-electron chi connectivity index (χ1n) is 10.5. The van der Waals surface area contributed by atoms with Crippen molar-refractivity contribution in [2.75, 3.05) is 36.9 Å². The zero-order valence-electron chi connectivity index (χ0n) is 17.8. The summed E-state index contributed by atoms with van der Waals surface area (Å²) in [5.41, 5.74) is 2.98. The number of carbonyl (C=O) groups is 1. The lowest BCUT2D eigenvalue weighted by atomic mass is 10.1. The maximum Gasteiger partial charge on any atom is 0.323 e. The summed E-state index contributed by atoms with van der Waals surface area (Å²) in [4.78, 5) is 14.9. The molecule has 1 aliphatic rings. The molecule has 1 aliphatic heterocycles. The Balaban J connectivity index is 1.52. The van der Waals surface area contributed by atoms with Gasteiger partial charge >= 0.3 is 6.03 Å². The Kier molecular flexibility index (Phi) is 7.34. The normalized spacial score (nSPS) is 13.8. The van der Waals surface area contributed by atoms with Gasteiger partial charge in [0.05, 0.1) is 16.4 Å². The molecule has 0 aliphatic carbocycles. The Morgan fingerprint density at radius 2 is 1.91 bits per heavy atom. The lowest BCUT2D eigenvalue weighted by Gasteiger charge is -2.18. The number of anilines is 2. The van der Waals surface area contributed by atoms with Gasteiger partial charge < -0.3 is 15.4 Å². The van der Waals surface area contributed by atoms with Gasteiger partial charge in [-0.05, 0) is 78.3 Å². The number of aryl methyl sites for hydroxylation is 1. The third-order valence-electron chi connectivity index (χ3n) is 5.33. The summed E-state index contributed by atoms with van der Waals surface area (Å²) in [6, 6.07) is 12.3. The van der Waals surface area contributed by atoms with Gasteiger partial charge in [-0.1, -0.05) is 17.7 Å². The van der Waals surface area contributed by atoms with Crippen molar-refractivity contribution in [3.63, 3.8) is 0 Å². The van der Waals surface area contributed by atoms with E-state index in [1.807, 2.05) is 25.2 Å². The van der Waals surface area contributed by atoms with Crippen LogP contribution in [0.3, 0.4) is 0 Å². The fourth-order valence-electron chi connectivity index (χ4n) is 3.78. The third kappa shape index (κ3) is 5.62. The molecule has 0 atom stereocenters. The SMILES string of the molecule is Cn1ncc(Br)c1-c1cc(NC(=O)Nc2cccc(Cl)c2)ccc1OCCN1CCCC1. The Labute approximate surface area is 200 Å². The molecule has 1 fully saturated rings. The standard InChI is InChI=1S/C23H25BrClN5O2/c1-29-22(20(24)15-26-29)19-14-18(28-23(31)27-17-6-4-5-16(25)13-17)7-8-21(19)32-12-11-30-9-2-3-10-30/h4-8,13-15H,2-3,9-12H2,1H3,(H2,27,28,31). The highest BCUT2D eigenvalue weighted by atomic mass is 79.9. The van der Waals surface area contributed by atoms with Gasteiger partial charge in [-0.15, -0.1) is 0 Å². The van der Waals surface area contributed by atoms with Gasteiger partial charge in [0, 0.05) is 35.6 Å². The highest BCUT2D eigenvalue weighted by Crippen LogP contribution is 2.36. The molecule has 9 heteroatoms. The second kappa shape index (κ2) is 10.4. The van der Waals surface area contributed by atoms with Gasteiger partial charge in [-0.25, -0.2) is 4.79 Å². The van der Waals surface area contributed by atoms with Crippen LogP contribution >= 0.6 is 27.5 Å². The zero-order valence-corrected chi connectivity index (χ0v) is 20.1. The van der Waals surface area contributed by atoms with Crippen molar-refractivity contribution in [2.24, 2.45) is 7.05 Å². The van der Waals surface area contributed by atoms with E-state index < -0.39 is 0 Å². The highest BCUT2D eigenvalue weighted by Gasteiger charge is 2.17. The number of hydrogen-bond donors (Lipinski definition) is 2. The van der Waals surface area contributed by atoms with Crippen LogP contribution in [0.1, 0.15) is 12.8 Å². The molecule has 32 heavy (non-hydrogen) atoms. The number of urea groups is 1. The number of nitrogens with zero attached hydrogens (tertiary/aromatic N) is 3. The number of carbonyl (C=O) groups excluding carboxylic acids is 1. The van der Waals surface area contributed by atoms with E-state index in [0.29, 0.717) is 23.0 Å². The molecule has 0 radical (unpaired) electrons. The Morgan fingerprint density at radius 3 is 2.59 bits per heavy atom. The van der Waals surface area contributed by atoms with Crippen LogP contribution in [0.5, 0.6) is 5.75 Å². The molecule has 2 heterocycles. The maximum atomic E-state index is 12.5. The number of aromatic nitrogens is 2. The van der Waals surface area contributed by atoms with E-state index in [0.717, 1.165) is 41.1 Å². The van der Waals surface area contributed by atoms with Crippen LogP contribution in [0, 0.1) is 0 Å². The van der Waals surface area contributed by atoms with E-state index in [4.69, 9.17) is 16.3 Å². The summed E-state index contributed by atoms with van der Waals surface area (Å²) in [7, 11) is 1.88. The number of hydrogen-bond acceptors (Lipinski definition) is 4. The molecule has 0 bridgehead atoms. The van der Waals surface area contributed by atoms with E-state index in [1.165, 1.54) is 12.8 Å². The van der Waals surface area contributed by atoms with Crippen molar-refractivity contribution in [1.82, 2.24) is 14.7 Å². The molecule has 4 rings (SSSR count). The summed E-state index contributed by atoms with van der Waals surface area (Å²) >= 11 is 9.57. The molecular weight excluding hydrogens is 494 g/mol. The zero-order chi connectivity index (χ0) is 22.5. The van der Waals surface area contributed by atoms with Gasteiger partial charge in [-0.3, -0.25) is 9.58 Å². The van der Waals surface area contributed by atoms with E-state index in [2.05, 4.69) is 36.6 Å². The van der Waals surface area contributed by atoms with Crippen molar-refractivity contribution < 1.29 is 9.53 Å². The largest absolute Gasteiger partial charge is 0.492 e. The summed E-state index contributed by atoms with van der Waals surface area (Å²) in [5, 5.41) is 10.6. The molecule has 0 saturated carbocycles. The van der Waals surface area contributed by atoms with Crippen molar-refractivity contribution in [3.05, 3.63) is 58.2 Å². The van der Waals surface area contributed by atoms with Gasteiger partial charge in [-0.2, -0.15) is 5.10 Å². The van der Waals surface area contributed by atoms with Gasteiger partial charge in [0.1, 0.15) is 12.4 Å². The lowest BCUT2D eigenvalue weighted by Crippen LogP contribution is -2.25. The van der Waals surface area contributed by atoms with Crippen LogP contribution in [0.2, 0.25) is 5.02 Å². The number of ether oxygens (including phenoxy) is 1. The van der Waals surface area contributed by atoms with Crippen LogP contribution in [0.4, 0.5) is 16.2 Å². The lowest BCUT2D eigenvalue weighted by molar-refractivity contribution is 0.238. The molecule has 7 nitrogen and oxygen atoms in total. The molecule has 3 aromatic rings. The quantitative estimate of drug-likeness (QED) is 0.426. The van der Waals surface area contributed by atoms with E-state index >= 15 is 0 Å². The fraction of sp³-hybridized carbons (Fsp3) is 0.304. The topological polar surface area (TPSA) is 71.4 Å². The predicted molar refractivity (Wildman–Crippen MR) is 132 cm³/mol. The maximum absolute atomic E-state index is 12.5. The number of halogens is 2. The number of nitrogens with one attached hydrogen (secondary N) is 2. The first-order valence-corrected chi connectivity index (χ1v) is 11.7. The van der Waals surface area contributed by atoms with Crippen LogP contribution in [0.25, 0.3) is 11.3 Å². The van der Waals surface area contributed by atoms with Crippen LogP contribution in [-0.2, 0) is 7.05 Å². The smallest absolute Gasteiger partial charge is 0.323 e. The molecule has 0 spiro atoms. The summed E-state index contributed by atoms with van der Waals surface area (Å²) in [6.45, 7) is 3.76. The van der Waals surface area contributed by atoms with Crippen molar-refractivity contribution >= 4 is 44.9 Å². The second-order valence-corrected chi connectivity index (χ2v) is 8.95. The molecule has 1 saturated heterocycles. The molecule has 0 unspecified atom stereocenters. The summed E-state index contributed by atoms with van der Waals surface area (Å²) < 4.78 is 8.79. The second-order valence-electron chi connectivity index (χ2n) is 7.66. The minimum atomic E-state index is -0.356. The number of rotatable bonds is 7. The monoisotopic (exact) mass is 517 g/mol. The van der Waals surface area contributed by atoms with Crippen molar-refractivity contribution in [3.8, 4) is 17.0 Å². The number of amides is 2. The molecule has 1 aromatic heterocycles. The van der Waals surface area contributed by atoms with Crippen molar-refractivity contribution in [2.45, 2.75) is 12.8 Å². The number of benzene rings is 2. The minimum Gasteiger partial charge on any atom is -0.492 e. The Bertz CT molecular complexity index is 1080. The molecule has 2 aromatic carbocycles. The van der Waals surface area contributed by atoms with Crippen LogP contribution < -0.4 is 15.4 Å². The van der Waals surface area contributed by atoms with E-state index in [9.17, 15) is 4.79 Å². The van der Waals surface area contributed by atoms with E-state index in [-0.39, 0.29) is 6.03 Å². The molecule has 2 amide bonds. The number of likely N-dealkylation sites (tertiary alicyclic amines) is 1. The Morgan fingerprint density at radius 1 is 1.16 bits per heavy atom. The summed E-state index contributed by atoms with van der Waals surface area (Å²) in [6.07, 6.45) is 4.25. The first-order chi connectivity index (χ1) is 15.5. The fourth-order valence-corrected chi connectivity index (χ4v) is 4.54. The highest BCUT2D eigenvalue weighted by molar-refractivity contribution is 9.10. The first kappa shape index (κ1) is 22.6. The van der Waals surface area contributed by atoms with Crippen LogP contribution in [0.15, 0.2) is 53.1 Å². The summed E-state index contributed by atoms with van der Waals surface area (Å²) in [5.74, 6) is 0.745. The Hall–Kier alpha value is -2.55. The average molecular weight is 519 g/mol. The van der Waals surface area contributed by atoms with Gasteiger partial charge in [0.15, 0.2) is 0 Å². The molecular formula is C23H25BrClN5O2. The average Bonchev–Trinajstić information content (AvgIpc) is 3.38. The van der Waals surface area contributed by atoms with Gasteiger partial charge in [0.2, 0.25) is 0 Å². The third-order valence-corrected chi connectivity index (χ3v) is 6.15.